The van der Waals surface area contributed by atoms with Crippen LogP contribution in [-0.4, -0.2) is 21.8 Å². The Morgan fingerprint density at radius 2 is 1.79 bits per heavy atom. The third-order valence-corrected chi connectivity index (χ3v) is 5.20. The smallest absolute Gasteiger partial charge is 0.419 e. The fraction of sp³-hybridized carbons (Fsp3) is 0.208. The lowest BCUT2D eigenvalue weighted by atomic mass is 10.1. The summed E-state index contributed by atoms with van der Waals surface area (Å²) in [5.74, 6) is -1.60. The predicted molar refractivity (Wildman–Crippen MR) is 116 cm³/mol. The van der Waals surface area contributed by atoms with E-state index in [0.29, 0.717) is 24.0 Å². The van der Waals surface area contributed by atoms with Crippen molar-refractivity contribution in [3.8, 4) is 28.3 Å². The van der Waals surface area contributed by atoms with Crippen molar-refractivity contribution < 1.29 is 26.8 Å². The van der Waals surface area contributed by atoms with Crippen molar-refractivity contribution in [1.82, 2.24) is 14.7 Å². The molecule has 4 rings (SSSR count). The molecular weight excluding hydrogens is 454 g/mol. The third kappa shape index (κ3) is 4.57. The van der Waals surface area contributed by atoms with Crippen molar-refractivity contribution in [2.24, 2.45) is 0 Å². The molecule has 0 atom stereocenters. The number of methoxy groups -OCH3 is 1. The molecule has 176 valence electrons. The molecule has 0 fully saturated rings. The number of nitrogens with zero attached hydrogens (tertiary/aromatic N) is 3. The van der Waals surface area contributed by atoms with Gasteiger partial charge < -0.3 is 9.26 Å². The van der Waals surface area contributed by atoms with E-state index in [1.54, 1.807) is 0 Å². The maximum atomic E-state index is 14.1. The second-order valence-corrected chi connectivity index (χ2v) is 7.42. The zero-order valence-electron chi connectivity index (χ0n) is 18.2. The lowest BCUT2D eigenvalue weighted by Gasteiger charge is -2.12. The van der Waals surface area contributed by atoms with Crippen LogP contribution in [0.4, 0.5) is 17.6 Å². The van der Waals surface area contributed by atoms with Gasteiger partial charge in [0.1, 0.15) is 11.5 Å². The van der Waals surface area contributed by atoms with Gasteiger partial charge in [-0.3, -0.25) is 9.36 Å². The van der Waals surface area contributed by atoms with Crippen LogP contribution in [0.5, 0.6) is 5.75 Å². The molecule has 0 aliphatic heterocycles. The summed E-state index contributed by atoms with van der Waals surface area (Å²) in [6.07, 6.45) is -4.46. The lowest BCUT2D eigenvalue weighted by molar-refractivity contribution is -0.140. The number of halogens is 4. The molecule has 0 saturated heterocycles. The number of ether oxygens (including phenoxy) is 1. The van der Waals surface area contributed by atoms with Gasteiger partial charge in [-0.05, 0) is 12.1 Å². The SMILES string of the molecule is CCc1nc(-c2ccccc2)cc(=O)n1Cc1cc(-c2cc(OC)c(F)c(C(F)(F)F)c2)on1. The number of rotatable bonds is 6. The minimum absolute atomic E-state index is 0.00195. The van der Waals surface area contributed by atoms with Crippen molar-refractivity contribution in [2.45, 2.75) is 26.1 Å². The molecule has 2 aromatic heterocycles. The van der Waals surface area contributed by atoms with E-state index in [1.807, 2.05) is 37.3 Å². The molecule has 0 unspecified atom stereocenters. The quantitative estimate of drug-likeness (QED) is 0.354. The second kappa shape index (κ2) is 9.12. The highest BCUT2D eigenvalue weighted by atomic mass is 19.4. The zero-order valence-corrected chi connectivity index (χ0v) is 18.2. The van der Waals surface area contributed by atoms with E-state index >= 15 is 0 Å². The molecule has 0 N–H and O–H groups in total. The van der Waals surface area contributed by atoms with Crippen molar-refractivity contribution in [3.63, 3.8) is 0 Å². The summed E-state index contributed by atoms with van der Waals surface area (Å²) >= 11 is 0. The number of hydrogen-bond donors (Lipinski definition) is 0. The number of hydrogen-bond acceptors (Lipinski definition) is 5. The van der Waals surface area contributed by atoms with Gasteiger partial charge in [-0.1, -0.05) is 42.4 Å². The average molecular weight is 473 g/mol. The van der Waals surface area contributed by atoms with E-state index < -0.39 is 23.3 Å². The minimum atomic E-state index is -4.92. The standard InChI is InChI=1S/C24H19F4N3O3/c1-3-21-29-18(14-7-5-4-6-8-14)12-22(32)31(21)13-16-11-19(34-30-16)15-9-17(24(26,27)28)23(25)20(10-15)33-2/h4-12H,3,13H2,1-2H3. The molecule has 0 spiro atoms. The third-order valence-electron chi connectivity index (χ3n) is 5.20. The zero-order chi connectivity index (χ0) is 24.5. The Kier molecular flexibility index (Phi) is 6.23. The van der Waals surface area contributed by atoms with Gasteiger partial charge in [0.2, 0.25) is 0 Å². The topological polar surface area (TPSA) is 70.2 Å². The minimum Gasteiger partial charge on any atom is -0.494 e. The molecule has 2 heterocycles. The Bertz CT molecular complexity index is 1380. The van der Waals surface area contributed by atoms with Gasteiger partial charge in [0, 0.05) is 29.7 Å². The molecule has 2 aromatic carbocycles. The van der Waals surface area contributed by atoms with Crippen LogP contribution in [0.3, 0.4) is 0 Å². The Morgan fingerprint density at radius 3 is 2.44 bits per heavy atom. The van der Waals surface area contributed by atoms with Crippen molar-refractivity contribution in [3.05, 3.63) is 87.9 Å². The number of alkyl halides is 3. The van der Waals surface area contributed by atoms with E-state index in [0.717, 1.165) is 18.7 Å². The number of aromatic nitrogens is 3. The summed E-state index contributed by atoms with van der Waals surface area (Å²) in [4.78, 5) is 17.4. The molecule has 0 saturated carbocycles. The highest BCUT2D eigenvalue weighted by molar-refractivity contribution is 5.62. The predicted octanol–water partition coefficient (Wildman–Crippen LogP) is 5.34. The Hall–Kier alpha value is -3.95. The van der Waals surface area contributed by atoms with Gasteiger partial charge in [-0.2, -0.15) is 13.2 Å². The molecule has 0 bridgehead atoms. The fourth-order valence-corrected chi connectivity index (χ4v) is 3.53. The van der Waals surface area contributed by atoms with E-state index in [1.165, 1.54) is 16.7 Å². The second-order valence-electron chi connectivity index (χ2n) is 7.42. The van der Waals surface area contributed by atoms with E-state index in [-0.39, 0.29) is 29.1 Å². The van der Waals surface area contributed by atoms with Gasteiger partial charge in [0.05, 0.1) is 24.9 Å². The first-order valence-corrected chi connectivity index (χ1v) is 10.3. The first-order valence-electron chi connectivity index (χ1n) is 10.3. The number of aryl methyl sites for hydroxylation is 1. The molecule has 6 nitrogen and oxygen atoms in total. The van der Waals surface area contributed by atoms with Crippen LogP contribution in [0.25, 0.3) is 22.6 Å². The first kappa shape index (κ1) is 23.2. The molecule has 0 amide bonds. The average Bonchev–Trinajstić information content (AvgIpc) is 3.29. The van der Waals surface area contributed by atoms with Crippen molar-refractivity contribution in [1.29, 1.82) is 0 Å². The van der Waals surface area contributed by atoms with Crippen LogP contribution in [-0.2, 0) is 19.1 Å². The summed E-state index contributed by atoms with van der Waals surface area (Å²) < 4.78 is 65.2. The maximum absolute atomic E-state index is 14.1. The van der Waals surface area contributed by atoms with Gasteiger partial charge in [-0.25, -0.2) is 9.37 Å². The van der Waals surface area contributed by atoms with Gasteiger partial charge in [0.15, 0.2) is 17.3 Å². The molecule has 4 aromatic rings. The molecular formula is C24H19F4N3O3. The monoisotopic (exact) mass is 473 g/mol. The highest BCUT2D eigenvalue weighted by Gasteiger charge is 2.36. The van der Waals surface area contributed by atoms with Crippen LogP contribution in [0.15, 0.2) is 63.9 Å². The summed E-state index contributed by atoms with van der Waals surface area (Å²) in [7, 11) is 1.07. The molecule has 34 heavy (non-hydrogen) atoms. The number of benzene rings is 2. The lowest BCUT2D eigenvalue weighted by Crippen LogP contribution is -2.25. The van der Waals surface area contributed by atoms with Gasteiger partial charge >= 0.3 is 6.18 Å². The van der Waals surface area contributed by atoms with Crippen LogP contribution >= 0.6 is 0 Å². The Labute approximate surface area is 191 Å². The molecule has 10 heteroatoms. The van der Waals surface area contributed by atoms with Gasteiger partial charge in [-0.15, -0.1) is 0 Å². The van der Waals surface area contributed by atoms with Crippen LogP contribution in [0, 0.1) is 5.82 Å². The summed E-state index contributed by atoms with van der Waals surface area (Å²) in [5, 5.41) is 3.88. The van der Waals surface area contributed by atoms with E-state index in [2.05, 4.69) is 10.1 Å². The molecule has 0 aliphatic rings. The first-order chi connectivity index (χ1) is 16.2. The van der Waals surface area contributed by atoms with Crippen LogP contribution < -0.4 is 10.3 Å². The fourth-order valence-electron chi connectivity index (χ4n) is 3.53. The summed E-state index contributed by atoms with van der Waals surface area (Å²) in [6, 6.07) is 13.8. The maximum Gasteiger partial charge on any atom is 0.419 e. The highest BCUT2D eigenvalue weighted by Crippen LogP contribution is 2.38. The Balaban J connectivity index is 1.69. The van der Waals surface area contributed by atoms with E-state index in [9.17, 15) is 22.4 Å². The van der Waals surface area contributed by atoms with E-state index in [4.69, 9.17) is 9.26 Å². The Morgan fingerprint density at radius 1 is 1.06 bits per heavy atom. The van der Waals surface area contributed by atoms with Crippen LogP contribution in [0.2, 0.25) is 0 Å². The largest absolute Gasteiger partial charge is 0.494 e. The van der Waals surface area contributed by atoms with Crippen molar-refractivity contribution >= 4 is 0 Å². The molecule has 0 radical (unpaired) electrons. The normalized spacial score (nSPS) is 11.6. The summed E-state index contributed by atoms with van der Waals surface area (Å²) in [5.41, 5.74) is -0.223. The summed E-state index contributed by atoms with van der Waals surface area (Å²) in [6.45, 7) is 1.85. The molecule has 0 aliphatic carbocycles. The van der Waals surface area contributed by atoms with Gasteiger partial charge in [0.25, 0.3) is 5.56 Å². The van der Waals surface area contributed by atoms with Crippen LogP contribution in [0.1, 0.15) is 24.0 Å². The van der Waals surface area contributed by atoms with Crippen molar-refractivity contribution in [2.75, 3.05) is 7.11 Å².